The molecule has 0 aromatic carbocycles. The average Bonchev–Trinajstić information content (AvgIpc) is 2.60. The number of carbonyl (C=O) groups is 1. The monoisotopic (exact) mass is 375 g/mol. The van der Waals surface area contributed by atoms with Gasteiger partial charge in [0.15, 0.2) is 5.65 Å². The predicted octanol–water partition coefficient (Wildman–Crippen LogP) is 1.20. The maximum absolute atomic E-state index is 12.8. The number of fused-ring (bicyclic) bond motifs is 1. The van der Waals surface area contributed by atoms with E-state index in [0.29, 0.717) is 25.3 Å². The van der Waals surface area contributed by atoms with Crippen molar-refractivity contribution in [2.24, 2.45) is 5.92 Å². The molecule has 0 unspecified atom stereocenters. The van der Waals surface area contributed by atoms with Crippen molar-refractivity contribution in [3.8, 4) is 0 Å². The SMILES string of the molecule is CCNCCNC(=O)c1cc(C(C)C)nc2c1c(=O)[nH]c(=O)n2CC(C)C. The zero-order valence-corrected chi connectivity index (χ0v) is 16.7. The number of hydrogen-bond acceptors (Lipinski definition) is 5. The summed E-state index contributed by atoms with van der Waals surface area (Å²) in [4.78, 5) is 44.5. The third kappa shape index (κ3) is 4.82. The van der Waals surface area contributed by atoms with Crippen molar-refractivity contribution in [1.82, 2.24) is 25.2 Å². The quantitative estimate of drug-likeness (QED) is 0.601. The van der Waals surface area contributed by atoms with Gasteiger partial charge in [0.05, 0.1) is 10.9 Å². The number of aromatic nitrogens is 3. The second kappa shape index (κ2) is 8.94. The van der Waals surface area contributed by atoms with E-state index in [-0.39, 0.29) is 34.3 Å². The Morgan fingerprint density at radius 1 is 1.22 bits per heavy atom. The Bertz CT molecular complexity index is 927. The fourth-order valence-corrected chi connectivity index (χ4v) is 2.84. The molecule has 27 heavy (non-hydrogen) atoms. The molecule has 0 fully saturated rings. The molecule has 1 amide bonds. The van der Waals surface area contributed by atoms with Crippen LogP contribution < -0.4 is 21.9 Å². The largest absolute Gasteiger partial charge is 0.351 e. The Labute approximate surface area is 158 Å². The van der Waals surface area contributed by atoms with Gasteiger partial charge in [0, 0.05) is 25.3 Å². The van der Waals surface area contributed by atoms with Crippen LogP contribution in [0.25, 0.3) is 11.0 Å². The van der Waals surface area contributed by atoms with E-state index in [1.807, 2.05) is 34.6 Å². The van der Waals surface area contributed by atoms with Gasteiger partial charge in [0.2, 0.25) is 0 Å². The van der Waals surface area contributed by atoms with Crippen LogP contribution in [0.2, 0.25) is 0 Å². The first kappa shape index (κ1) is 20.8. The number of aromatic amines is 1. The van der Waals surface area contributed by atoms with Crippen molar-refractivity contribution < 1.29 is 4.79 Å². The molecule has 8 heteroatoms. The van der Waals surface area contributed by atoms with Crippen LogP contribution in [-0.4, -0.2) is 40.1 Å². The maximum atomic E-state index is 12.8. The van der Waals surface area contributed by atoms with Crippen molar-refractivity contribution in [1.29, 1.82) is 0 Å². The summed E-state index contributed by atoms with van der Waals surface area (Å²) in [6, 6.07) is 1.65. The van der Waals surface area contributed by atoms with Crippen LogP contribution in [0.4, 0.5) is 0 Å². The van der Waals surface area contributed by atoms with Crippen LogP contribution in [0.1, 0.15) is 56.6 Å². The fourth-order valence-electron chi connectivity index (χ4n) is 2.84. The van der Waals surface area contributed by atoms with Gasteiger partial charge in [-0.2, -0.15) is 0 Å². The lowest BCUT2D eigenvalue weighted by Crippen LogP contribution is -2.35. The van der Waals surface area contributed by atoms with Crippen molar-refractivity contribution >= 4 is 16.9 Å². The molecule has 0 spiro atoms. The molecule has 148 valence electrons. The number of hydrogen-bond donors (Lipinski definition) is 3. The van der Waals surface area contributed by atoms with Crippen molar-refractivity contribution in [2.45, 2.75) is 47.1 Å². The summed E-state index contributed by atoms with van der Waals surface area (Å²) >= 11 is 0. The third-order valence-corrected chi connectivity index (χ3v) is 4.19. The van der Waals surface area contributed by atoms with E-state index in [4.69, 9.17) is 0 Å². The first-order valence-corrected chi connectivity index (χ1v) is 9.42. The highest BCUT2D eigenvalue weighted by atomic mass is 16.2. The van der Waals surface area contributed by atoms with Crippen LogP contribution >= 0.6 is 0 Å². The Kier molecular flexibility index (Phi) is 6.90. The van der Waals surface area contributed by atoms with E-state index in [2.05, 4.69) is 20.6 Å². The van der Waals surface area contributed by atoms with Gasteiger partial charge in [0.25, 0.3) is 11.5 Å². The number of nitrogens with one attached hydrogen (secondary N) is 3. The van der Waals surface area contributed by atoms with Gasteiger partial charge in [-0.3, -0.25) is 19.1 Å². The van der Waals surface area contributed by atoms with Gasteiger partial charge in [-0.15, -0.1) is 0 Å². The third-order valence-electron chi connectivity index (χ3n) is 4.19. The molecule has 0 aliphatic carbocycles. The smallest absolute Gasteiger partial charge is 0.330 e. The molecule has 0 bridgehead atoms. The highest BCUT2D eigenvalue weighted by molar-refractivity contribution is 6.05. The zero-order valence-electron chi connectivity index (χ0n) is 16.7. The highest BCUT2D eigenvalue weighted by Gasteiger charge is 2.20. The van der Waals surface area contributed by atoms with Gasteiger partial charge in [-0.25, -0.2) is 9.78 Å². The van der Waals surface area contributed by atoms with E-state index in [9.17, 15) is 14.4 Å². The molecule has 2 heterocycles. The van der Waals surface area contributed by atoms with Gasteiger partial charge in [-0.05, 0) is 24.4 Å². The van der Waals surface area contributed by atoms with E-state index >= 15 is 0 Å². The van der Waals surface area contributed by atoms with Crippen molar-refractivity contribution in [2.75, 3.05) is 19.6 Å². The minimum atomic E-state index is -0.588. The first-order valence-electron chi connectivity index (χ1n) is 9.42. The summed E-state index contributed by atoms with van der Waals surface area (Å²) in [6.45, 7) is 12.1. The molecule has 0 saturated heterocycles. The number of amides is 1. The summed E-state index contributed by atoms with van der Waals surface area (Å²) in [5, 5.41) is 6.11. The standard InChI is InChI=1S/C19H29N5O3/c1-6-20-7-8-21-17(25)13-9-14(12(4)5)22-16-15(13)18(26)23-19(27)24(16)10-11(2)3/h9,11-12,20H,6-8,10H2,1-5H3,(H,21,25)(H,23,26,27). The number of pyridine rings is 1. The fraction of sp³-hybridized carbons (Fsp3) is 0.579. The Balaban J connectivity index is 2.66. The summed E-state index contributed by atoms with van der Waals surface area (Å²) < 4.78 is 1.45. The van der Waals surface area contributed by atoms with E-state index < -0.39 is 11.2 Å². The Hall–Kier alpha value is -2.48. The molecule has 0 saturated carbocycles. The molecule has 2 aromatic heterocycles. The highest BCUT2D eigenvalue weighted by Crippen LogP contribution is 2.20. The average molecular weight is 375 g/mol. The summed E-state index contributed by atoms with van der Waals surface area (Å²) in [6.07, 6.45) is 0. The van der Waals surface area contributed by atoms with Crippen LogP contribution in [-0.2, 0) is 6.54 Å². The number of likely N-dealkylation sites (N-methyl/N-ethyl adjacent to an activating group) is 1. The molecule has 0 radical (unpaired) electrons. The molecule has 3 N–H and O–H groups in total. The lowest BCUT2D eigenvalue weighted by atomic mass is 10.0. The van der Waals surface area contributed by atoms with Crippen molar-refractivity contribution in [3.05, 3.63) is 38.2 Å². The molecular weight excluding hydrogens is 346 g/mol. The summed E-state index contributed by atoms with van der Waals surface area (Å²) in [5.41, 5.74) is 0.0871. The first-order chi connectivity index (χ1) is 12.8. The molecule has 0 aliphatic heterocycles. The Morgan fingerprint density at radius 3 is 2.52 bits per heavy atom. The van der Waals surface area contributed by atoms with Gasteiger partial charge < -0.3 is 10.6 Å². The van der Waals surface area contributed by atoms with Crippen LogP contribution in [0.5, 0.6) is 0 Å². The van der Waals surface area contributed by atoms with E-state index in [1.165, 1.54) is 4.57 Å². The number of nitrogens with zero attached hydrogens (tertiary/aromatic N) is 2. The minimum absolute atomic E-state index is 0.0459. The van der Waals surface area contributed by atoms with Gasteiger partial charge in [0.1, 0.15) is 0 Å². The second-order valence-electron chi connectivity index (χ2n) is 7.32. The molecule has 8 nitrogen and oxygen atoms in total. The van der Waals surface area contributed by atoms with Gasteiger partial charge >= 0.3 is 5.69 Å². The topological polar surface area (TPSA) is 109 Å². The Morgan fingerprint density at radius 2 is 1.93 bits per heavy atom. The molecule has 0 aliphatic rings. The molecule has 0 atom stereocenters. The number of rotatable bonds is 8. The lowest BCUT2D eigenvalue weighted by Gasteiger charge is -2.16. The number of carbonyl (C=O) groups excluding carboxylic acids is 1. The second-order valence-corrected chi connectivity index (χ2v) is 7.32. The van der Waals surface area contributed by atoms with Crippen LogP contribution in [0, 0.1) is 5.92 Å². The lowest BCUT2D eigenvalue weighted by molar-refractivity contribution is 0.0955. The van der Waals surface area contributed by atoms with E-state index in [1.54, 1.807) is 6.07 Å². The zero-order chi connectivity index (χ0) is 20.1. The normalized spacial score (nSPS) is 11.5. The summed E-state index contributed by atoms with van der Waals surface area (Å²) in [7, 11) is 0. The van der Waals surface area contributed by atoms with Crippen LogP contribution in [0.3, 0.4) is 0 Å². The minimum Gasteiger partial charge on any atom is -0.351 e. The number of H-pyrrole nitrogens is 1. The molecular formula is C19H29N5O3. The summed E-state index contributed by atoms with van der Waals surface area (Å²) in [5.74, 6) is -0.120. The predicted molar refractivity (Wildman–Crippen MR) is 106 cm³/mol. The maximum Gasteiger partial charge on any atom is 0.330 e. The molecule has 2 aromatic rings. The molecule has 2 rings (SSSR count). The van der Waals surface area contributed by atoms with Crippen molar-refractivity contribution in [3.63, 3.8) is 0 Å². The van der Waals surface area contributed by atoms with E-state index in [0.717, 1.165) is 6.54 Å². The van der Waals surface area contributed by atoms with Crippen LogP contribution in [0.15, 0.2) is 15.7 Å². The van der Waals surface area contributed by atoms with Gasteiger partial charge in [-0.1, -0.05) is 34.6 Å².